The van der Waals surface area contributed by atoms with Crippen molar-refractivity contribution < 1.29 is 8.39 Å². The second-order valence-corrected chi connectivity index (χ2v) is 6.01. The van der Waals surface area contributed by atoms with E-state index in [1.165, 1.54) is 6.26 Å². The Kier molecular flexibility index (Phi) is 3.23. The summed E-state index contributed by atoms with van der Waals surface area (Å²) in [5, 5.41) is -0.290. The molecule has 72 valence electrons. The fourth-order valence-electron chi connectivity index (χ4n) is 0.482. The summed E-state index contributed by atoms with van der Waals surface area (Å²) in [5.41, 5.74) is 0. The summed E-state index contributed by atoms with van der Waals surface area (Å²) < 4.78 is 15.7. The van der Waals surface area contributed by atoms with Crippen LogP contribution >= 0.6 is 23.2 Å². The van der Waals surface area contributed by atoms with Gasteiger partial charge in [-0.05, 0) is 23.2 Å². The Morgan fingerprint density at radius 1 is 1.31 bits per heavy atom. The standard InChI is InChI=1S/C4H3Cl2N3O2S2/c1-13(10,12)11-4-8-2(5)7-3(6)9-4/h1H3. The van der Waals surface area contributed by atoms with Gasteiger partial charge in [0.25, 0.3) is 0 Å². The molecule has 1 rings (SSSR count). The molecule has 0 aliphatic rings. The summed E-state index contributed by atoms with van der Waals surface area (Å²) >= 11 is 15.3. The minimum atomic E-state index is -2.85. The van der Waals surface area contributed by atoms with E-state index in [0.29, 0.717) is 0 Å². The smallest absolute Gasteiger partial charge is 0.336 e. The molecule has 5 nitrogen and oxygen atoms in total. The Labute approximate surface area is 89.3 Å². The average molecular weight is 260 g/mol. The van der Waals surface area contributed by atoms with Crippen LogP contribution < -0.4 is 4.18 Å². The van der Waals surface area contributed by atoms with Gasteiger partial charge in [-0.3, -0.25) is 0 Å². The van der Waals surface area contributed by atoms with Crippen molar-refractivity contribution in [2.24, 2.45) is 0 Å². The van der Waals surface area contributed by atoms with Crippen molar-refractivity contribution in [2.45, 2.75) is 0 Å². The zero-order valence-electron chi connectivity index (χ0n) is 6.23. The topological polar surface area (TPSA) is 65.0 Å². The van der Waals surface area contributed by atoms with Crippen molar-refractivity contribution in [3.63, 3.8) is 0 Å². The molecule has 1 unspecified atom stereocenters. The molecule has 1 aromatic heterocycles. The molecule has 0 aromatic carbocycles. The lowest BCUT2D eigenvalue weighted by atomic mass is 11.0. The predicted octanol–water partition coefficient (Wildman–Crippen LogP) is 0.848. The second kappa shape index (κ2) is 3.87. The van der Waals surface area contributed by atoms with Crippen LogP contribution in [-0.2, 0) is 20.0 Å². The molecule has 0 aliphatic carbocycles. The Morgan fingerprint density at radius 3 is 2.15 bits per heavy atom. The highest BCUT2D eigenvalue weighted by atomic mass is 35.5. The van der Waals surface area contributed by atoms with Crippen molar-refractivity contribution in [2.75, 3.05) is 6.26 Å². The van der Waals surface area contributed by atoms with Crippen molar-refractivity contribution in [1.29, 1.82) is 0 Å². The second-order valence-electron chi connectivity index (χ2n) is 1.94. The van der Waals surface area contributed by atoms with Crippen LogP contribution in [0.15, 0.2) is 0 Å². The Hall–Kier alpha value is -0.240. The third-order valence-electron chi connectivity index (χ3n) is 0.786. The molecule has 0 saturated heterocycles. The molecule has 0 fully saturated rings. The monoisotopic (exact) mass is 259 g/mol. The Morgan fingerprint density at radius 2 is 1.77 bits per heavy atom. The third-order valence-corrected chi connectivity index (χ3v) is 1.78. The van der Waals surface area contributed by atoms with Gasteiger partial charge in [-0.15, -0.1) is 0 Å². The van der Waals surface area contributed by atoms with Gasteiger partial charge in [0.2, 0.25) is 10.6 Å². The molecule has 0 saturated carbocycles. The minimum absolute atomic E-state index is 0.145. The zero-order valence-corrected chi connectivity index (χ0v) is 9.38. The quantitative estimate of drug-likeness (QED) is 0.785. The van der Waals surface area contributed by atoms with Gasteiger partial charge in [-0.25, -0.2) is 4.21 Å². The summed E-state index contributed by atoms with van der Waals surface area (Å²) in [6, 6.07) is -0.243. The number of halogens is 2. The van der Waals surface area contributed by atoms with Crippen LogP contribution in [0.25, 0.3) is 0 Å². The van der Waals surface area contributed by atoms with Gasteiger partial charge in [0.15, 0.2) is 8.77 Å². The SMILES string of the molecule is CS(=O)(=S)Oc1nc(Cl)nc(Cl)n1. The minimum Gasteiger partial charge on any atom is -0.362 e. The van der Waals surface area contributed by atoms with Gasteiger partial charge < -0.3 is 4.18 Å². The summed E-state index contributed by atoms with van der Waals surface area (Å²) in [5.74, 6) is 0. The number of hydrogen-bond acceptors (Lipinski definition) is 6. The van der Waals surface area contributed by atoms with Gasteiger partial charge in [0, 0.05) is 17.4 Å². The highest BCUT2D eigenvalue weighted by molar-refractivity contribution is 8.30. The van der Waals surface area contributed by atoms with Crippen LogP contribution in [0.5, 0.6) is 6.01 Å². The lowest BCUT2D eigenvalue weighted by Crippen LogP contribution is -2.07. The molecule has 1 aromatic rings. The maximum Gasteiger partial charge on any atom is 0.336 e. The molecular formula is C4H3Cl2N3O2S2. The lowest BCUT2D eigenvalue weighted by molar-refractivity contribution is 0.526. The van der Waals surface area contributed by atoms with E-state index in [0.717, 1.165) is 0 Å². The summed E-state index contributed by atoms with van der Waals surface area (Å²) in [6.45, 7) is 0. The first-order valence-corrected chi connectivity index (χ1v) is 6.40. The molecular weight excluding hydrogens is 257 g/mol. The Balaban J connectivity index is 3.03. The van der Waals surface area contributed by atoms with Crippen LogP contribution in [-0.4, -0.2) is 25.4 Å². The number of rotatable bonds is 2. The molecule has 0 N–H and O–H groups in total. The first kappa shape index (κ1) is 10.8. The molecule has 0 bridgehead atoms. The first-order chi connectivity index (χ1) is 5.87. The van der Waals surface area contributed by atoms with E-state index in [-0.39, 0.29) is 16.6 Å². The van der Waals surface area contributed by atoms with E-state index >= 15 is 0 Å². The van der Waals surface area contributed by atoms with Gasteiger partial charge >= 0.3 is 6.01 Å². The van der Waals surface area contributed by atoms with E-state index in [1.54, 1.807) is 0 Å². The van der Waals surface area contributed by atoms with Crippen molar-refractivity contribution in [1.82, 2.24) is 15.0 Å². The molecule has 1 heterocycles. The fraction of sp³-hybridized carbons (Fsp3) is 0.250. The van der Waals surface area contributed by atoms with Gasteiger partial charge in [-0.1, -0.05) is 0 Å². The van der Waals surface area contributed by atoms with Crippen LogP contribution in [0.4, 0.5) is 0 Å². The predicted molar refractivity (Wildman–Crippen MR) is 51.9 cm³/mol. The van der Waals surface area contributed by atoms with Crippen LogP contribution in [0, 0.1) is 0 Å². The Bertz CT molecular complexity index is 401. The molecule has 0 amide bonds. The number of nitrogens with zero attached hydrogens (tertiary/aromatic N) is 3. The van der Waals surface area contributed by atoms with Crippen LogP contribution in [0.2, 0.25) is 10.6 Å². The third kappa shape index (κ3) is 3.99. The van der Waals surface area contributed by atoms with E-state index in [9.17, 15) is 4.21 Å². The normalized spacial score (nSPS) is 15.0. The molecule has 0 radical (unpaired) electrons. The summed E-state index contributed by atoms with van der Waals surface area (Å²) in [7, 11) is -2.85. The van der Waals surface area contributed by atoms with Crippen LogP contribution in [0.1, 0.15) is 0 Å². The summed E-state index contributed by atoms with van der Waals surface area (Å²) in [6.07, 6.45) is 1.22. The molecule has 9 heteroatoms. The van der Waals surface area contributed by atoms with E-state index in [4.69, 9.17) is 23.2 Å². The molecule has 0 spiro atoms. The molecule has 1 atom stereocenters. The number of hydrogen-bond donors (Lipinski definition) is 0. The summed E-state index contributed by atoms with van der Waals surface area (Å²) in [4.78, 5) is 10.5. The highest BCUT2D eigenvalue weighted by Crippen LogP contribution is 2.12. The van der Waals surface area contributed by atoms with E-state index in [1.807, 2.05) is 0 Å². The van der Waals surface area contributed by atoms with Crippen molar-refractivity contribution >= 4 is 43.2 Å². The van der Waals surface area contributed by atoms with E-state index < -0.39 is 8.77 Å². The lowest BCUT2D eigenvalue weighted by Gasteiger charge is -2.01. The number of aromatic nitrogens is 3. The van der Waals surface area contributed by atoms with Gasteiger partial charge in [-0.2, -0.15) is 15.0 Å². The highest BCUT2D eigenvalue weighted by Gasteiger charge is 2.07. The maximum atomic E-state index is 11.0. The van der Waals surface area contributed by atoms with Crippen molar-refractivity contribution in [3.8, 4) is 6.01 Å². The van der Waals surface area contributed by atoms with E-state index in [2.05, 4.69) is 30.3 Å². The largest absolute Gasteiger partial charge is 0.362 e. The average Bonchev–Trinajstić information content (AvgIpc) is 1.78. The first-order valence-electron chi connectivity index (χ1n) is 2.83. The van der Waals surface area contributed by atoms with Crippen molar-refractivity contribution in [3.05, 3.63) is 10.6 Å². The zero-order chi connectivity index (χ0) is 10.1. The maximum absolute atomic E-state index is 11.0. The van der Waals surface area contributed by atoms with Crippen LogP contribution in [0.3, 0.4) is 0 Å². The van der Waals surface area contributed by atoms with Gasteiger partial charge in [0.1, 0.15) is 0 Å². The fourth-order valence-corrected chi connectivity index (χ4v) is 1.36. The molecule has 0 aliphatic heterocycles. The van der Waals surface area contributed by atoms with Gasteiger partial charge in [0.05, 0.1) is 0 Å². The molecule has 13 heavy (non-hydrogen) atoms.